The number of rotatable bonds is 5. The molecule has 124 valence electrons. The first kappa shape index (κ1) is 16.9. The summed E-state index contributed by atoms with van der Waals surface area (Å²) in [6.45, 7) is 4.42. The van der Waals surface area contributed by atoms with Gasteiger partial charge in [-0.25, -0.2) is 9.59 Å². The molecule has 23 heavy (non-hydrogen) atoms. The van der Waals surface area contributed by atoms with E-state index in [1.807, 2.05) is 37.3 Å². The normalized spacial score (nSPS) is 16.0. The number of ether oxygens (including phenoxy) is 1. The maximum absolute atomic E-state index is 12.2. The fourth-order valence-corrected chi connectivity index (χ4v) is 2.58. The van der Waals surface area contributed by atoms with Crippen molar-refractivity contribution >= 4 is 12.1 Å². The van der Waals surface area contributed by atoms with Crippen molar-refractivity contribution in [3.63, 3.8) is 0 Å². The third-order valence-electron chi connectivity index (χ3n) is 3.83. The number of amides is 1. The average Bonchev–Trinajstić information content (AvgIpc) is 2.56. The van der Waals surface area contributed by atoms with Crippen LogP contribution in [0.25, 0.3) is 0 Å². The molecule has 0 unspecified atom stereocenters. The maximum atomic E-state index is 12.2. The first-order chi connectivity index (χ1) is 11.0. The first-order valence-electron chi connectivity index (χ1n) is 7.71. The van der Waals surface area contributed by atoms with Gasteiger partial charge in [-0.2, -0.15) is 0 Å². The standard InChI is InChI=1S/C17H22N2O4/c1-3-23-16(20)14-11-19(17(21)22)10-9-15(14)18-12(2)13-7-5-4-6-8-13/h4-8,12,18H,3,9-11H2,1-2H3,(H,21,22)/t12-/m1/s1. The van der Waals surface area contributed by atoms with Gasteiger partial charge in [-0.15, -0.1) is 0 Å². The molecule has 2 N–H and O–H groups in total. The van der Waals surface area contributed by atoms with Crippen molar-refractivity contribution in [3.05, 3.63) is 47.2 Å². The average molecular weight is 318 g/mol. The Bertz CT molecular complexity index is 598. The van der Waals surface area contributed by atoms with Crippen molar-refractivity contribution in [3.8, 4) is 0 Å². The Balaban J connectivity index is 2.21. The molecule has 0 saturated heterocycles. The van der Waals surface area contributed by atoms with E-state index in [1.54, 1.807) is 6.92 Å². The van der Waals surface area contributed by atoms with Gasteiger partial charge in [-0.3, -0.25) is 0 Å². The van der Waals surface area contributed by atoms with E-state index in [9.17, 15) is 9.59 Å². The van der Waals surface area contributed by atoms with Crippen molar-refractivity contribution in [2.24, 2.45) is 0 Å². The number of carboxylic acid groups (broad SMARTS) is 1. The number of carbonyl (C=O) groups excluding carboxylic acids is 1. The number of benzene rings is 1. The van der Waals surface area contributed by atoms with Crippen LogP contribution >= 0.6 is 0 Å². The quantitative estimate of drug-likeness (QED) is 0.816. The van der Waals surface area contributed by atoms with Crippen LogP contribution in [-0.4, -0.2) is 41.8 Å². The molecule has 0 radical (unpaired) electrons. The molecule has 1 atom stereocenters. The van der Waals surface area contributed by atoms with Crippen molar-refractivity contribution in [1.29, 1.82) is 0 Å². The minimum atomic E-state index is -1.03. The van der Waals surface area contributed by atoms with Crippen LogP contribution in [0.1, 0.15) is 31.9 Å². The molecule has 0 aliphatic carbocycles. The van der Waals surface area contributed by atoms with E-state index in [4.69, 9.17) is 9.84 Å². The van der Waals surface area contributed by atoms with E-state index in [1.165, 1.54) is 4.90 Å². The Labute approximate surface area is 135 Å². The van der Waals surface area contributed by atoms with E-state index < -0.39 is 12.1 Å². The summed E-state index contributed by atoms with van der Waals surface area (Å²) >= 11 is 0. The highest BCUT2D eigenvalue weighted by Crippen LogP contribution is 2.21. The molecule has 0 fully saturated rings. The molecule has 6 nitrogen and oxygen atoms in total. The van der Waals surface area contributed by atoms with E-state index in [0.29, 0.717) is 18.5 Å². The summed E-state index contributed by atoms with van der Waals surface area (Å²) in [4.78, 5) is 24.5. The lowest BCUT2D eigenvalue weighted by molar-refractivity contribution is -0.139. The van der Waals surface area contributed by atoms with Crippen molar-refractivity contribution in [1.82, 2.24) is 10.2 Å². The van der Waals surface area contributed by atoms with Gasteiger partial charge in [0.15, 0.2) is 0 Å². The molecule has 1 aliphatic rings. The summed E-state index contributed by atoms with van der Waals surface area (Å²) in [7, 11) is 0. The zero-order valence-corrected chi connectivity index (χ0v) is 13.4. The summed E-state index contributed by atoms with van der Waals surface area (Å²) in [5.41, 5.74) is 2.25. The van der Waals surface area contributed by atoms with Crippen LogP contribution in [-0.2, 0) is 9.53 Å². The van der Waals surface area contributed by atoms with Gasteiger partial charge in [0.25, 0.3) is 0 Å². The number of esters is 1. The lowest BCUT2D eigenvalue weighted by Crippen LogP contribution is -2.41. The highest BCUT2D eigenvalue weighted by atomic mass is 16.5. The Morgan fingerprint density at radius 2 is 2.04 bits per heavy atom. The second kappa shape index (κ2) is 7.67. The summed E-state index contributed by atoms with van der Waals surface area (Å²) < 4.78 is 5.07. The fourth-order valence-electron chi connectivity index (χ4n) is 2.58. The van der Waals surface area contributed by atoms with Gasteiger partial charge in [0, 0.05) is 24.7 Å². The van der Waals surface area contributed by atoms with Crippen LogP contribution in [0.5, 0.6) is 0 Å². The highest BCUT2D eigenvalue weighted by Gasteiger charge is 2.28. The van der Waals surface area contributed by atoms with Crippen molar-refractivity contribution < 1.29 is 19.4 Å². The molecule has 0 bridgehead atoms. The fraction of sp³-hybridized carbons (Fsp3) is 0.412. The van der Waals surface area contributed by atoms with Crippen molar-refractivity contribution in [2.75, 3.05) is 19.7 Å². The third kappa shape index (κ3) is 4.25. The van der Waals surface area contributed by atoms with Gasteiger partial charge in [0.1, 0.15) is 0 Å². The summed E-state index contributed by atoms with van der Waals surface area (Å²) in [6, 6.07) is 9.91. The molecule has 1 heterocycles. The number of carbonyl (C=O) groups is 2. The lowest BCUT2D eigenvalue weighted by Gasteiger charge is -2.30. The molecule has 1 aromatic rings. The molecule has 1 aromatic carbocycles. The van der Waals surface area contributed by atoms with Gasteiger partial charge in [-0.1, -0.05) is 30.3 Å². The van der Waals surface area contributed by atoms with Crippen LogP contribution in [0.2, 0.25) is 0 Å². The van der Waals surface area contributed by atoms with E-state index in [2.05, 4.69) is 5.32 Å². The number of hydrogen-bond acceptors (Lipinski definition) is 4. The van der Waals surface area contributed by atoms with Gasteiger partial charge < -0.3 is 20.1 Å². The summed E-state index contributed by atoms with van der Waals surface area (Å²) in [5.74, 6) is -0.457. The predicted octanol–water partition coefficient (Wildman–Crippen LogP) is 2.54. The SMILES string of the molecule is CCOC(=O)C1=C(N[C@H](C)c2ccccc2)CCN(C(=O)O)C1. The van der Waals surface area contributed by atoms with Gasteiger partial charge in [0.2, 0.25) is 0 Å². The monoisotopic (exact) mass is 318 g/mol. The lowest BCUT2D eigenvalue weighted by atomic mass is 10.0. The topological polar surface area (TPSA) is 78.9 Å². The minimum absolute atomic E-state index is 0.0204. The predicted molar refractivity (Wildman–Crippen MR) is 85.9 cm³/mol. The smallest absolute Gasteiger partial charge is 0.407 e. The van der Waals surface area contributed by atoms with Crippen LogP contribution in [0.15, 0.2) is 41.6 Å². The molecular weight excluding hydrogens is 296 g/mol. The van der Waals surface area contributed by atoms with Gasteiger partial charge in [-0.05, 0) is 19.4 Å². The van der Waals surface area contributed by atoms with Gasteiger partial charge >= 0.3 is 12.1 Å². The molecule has 0 aromatic heterocycles. The highest BCUT2D eigenvalue weighted by molar-refractivity contribution is 5.90. The van der Waals surface area contributed by atoms with Crippen LogP contribution in [0.4, 0.5) is 4.79 Å². The number of hydrogen-bond donors (Lipinski definition) is 2. The maximum Gasteiger partial charge on any atom is 0.407 e. The molecular formula is C17H22N2O4. The van der Waals surface area contributed by atoms with Crippen LogP contribution in [0, 0.1) is 0 Å². The van der Waals surface area contributed by atoms with E-state index in [-0.39, 0.29) is 19.2 Å². The first-order valence-corrected chi connectivity index (χ1v) is 7.71. The van der Waals surface area contributed by atoms with E-state index >= 15 is 0 Å². The second-order valence-electron chi connectivity index (χ2n) is 5.41. The molecule has 6 heteroatoms. The molecule has 1 amide bonds. The zero-order valence-electron chi connectivity index (χ0n) is 13.4. The minimum Gasteiger partial charge on any atom is -0.465 e. The molecule has 0 saturated carbocycles. The Morgan fingerprint density at radius 1 is 1.35 bits per heavy atom. The summed E-state index contributed by atoms with van der Waals surface area (Å²) in [6.07, 6.45) is -0.556. The Morgan fingerprint density at radius 3 is 2.65 bits per heavy atom. The Kier molecular flexibility index (Phi) is 5.62. The second-order valence-corrected chi connectivity index (χ2v) is 5.41. The Hall–Kier alpha value is -2.50. The zero-order chi connectivity index (χ0) is 16.8. The number of nitrogens with one attached hydrogen (secondary N) is 1. The summed E-state index contributed by atoms with van der Waals surface area (Å²) in [5, 5.41) is 12.5. The van der Waals surface area contributed by atoms with Crippen LogP contribution in [0.3, 0.4) is 0 Å². The van der Waals surface area contributed by atoms with Crippen molar-refractivity contribution in [2.45, 2.75) is 26.3 Å². The molecule has 2 rings (SSSR count). The largest absolute Gasteiger partial charge is 0.465 e. The molecule has 1 aliphatic heterocycles. The third-order valence-corrected chi connectivity index (χ3v) is 3.83. The van der Waals surface area contributed by atoms with Gasteiger partial charge in [0.05, 0.1) is 18.7 Å². The van der Waals surface area contributed by atoms with E-state index in [0.717, 1.165) is 11.3 Å². The number of nitrogens with zero attached hydrogens (tertiary/aromatic N) is 1. The van der Waals surface area contributed by atoms with Crippen LogP contribution < -0.4 is 5.32 Å². The molecule has 0 spiro atoms.